The molecule has 2 aromatic rings. The van der Waals surface area contributed by atoms with Gasteiger partial charge in [-0.1, -0.05) is 15.9 Å². The number of carbonyl (C=O) groups excluding carboxylic acids is 2. The van der Waals surface area contributed by atoms with E-state index in [2.05, 4.69) is 31.2 Å². The zero-order chi connectivity index (χ0) is 19.3. The zero-order valence-electron chi connectivity index (χ0n) is 14.2. The van der Waals surface area contributed by atoms with Crippen molar-refractivity contribution < 1.29 is 18.4 Å². The van der Waals surface area contributed by atoms with Crippen molar-refractivity contribution in [1.82, 2.24) is 14.9 Å². The second kappa shape index (κ2) is 8.79. The number of hydrogen-bond acceptors (Lipinski definition) is 4. The minimum atomic E-state index is -1.11. The summed E-state index contributed by atoms with van der Waals surface area (Å²) in [4.78, 5) is 33.1. The van der Waals surface area contributed by atoms with E-state index in [4.69, 9.17) is 0 Å². The Bertz CT molecular complexity index is 800. The molecule has 6 nitrogen and oxygen atoms in total. The lowest BCUT2D eigenvalue weighted by Gasteiger charge is -2.19. The molecule has 2 rings (SSSR count). The van der Waals surface area contributed by atoms with Gasteiger partial charge in [-0.3, -0.25) is 14.9 Å². The number of likely N-dealkylation sites (N-methyl/N-ethyl adjacent to an activating group) is 1. The molecule has 138 valence electrons. The van der Waals surface area contributed by atoms with Crippen LogP contribution >= 0.6 is 15.9 Å². The first kappa shape index (κ1) is 19.9. The van der Waals surface area contributed by atoms with Crippen LogP contribution in [0.25, 0.3) is 0 Å². The summed E-state index contributed by atoms with van der Waals surface area (Å²) in [6, 6.07) is 4.95. The Labute approximate surface area is 157 Å². The molecule has 0 spiro atoms. The second-order valence-electron chi connectivity index (χ2n) is 5.72. The SMILES string of the molecule is CC(F)Cc1cc(Br)ccc1C(=O)N(C)CC(=O)Nc1ncc(F)cn1. The van der Waals surface area contributed by atoms with Crippen LogP contribution in [0.15, 0.2) is 35.1 Å². The molecular weight excluding hydrogens is 410 g/mol. The van der Waals surface area contributed by atoms with E-state index in [0.717, 1.165) is 16.9 Å². The smallest absolute Gasteiger partial charge is 0.254 e. The largest absolute Gasteiger partial charge is 0.332 e. The predicted molar refractivity (Wildman–Crippen MR) is 96.0 cm³/mol. The number of hydrogen-bond donors (Lipinski definition) is 1. The van der Waals surface area contributed by atoms with Gasteiger partial charge in [-0.15, -0.1) is 0 Å². The van der Waals surface area contributed by atoms with Crippen LogP contribution in [0.3, 0.4) is 0 Å². The van der Waals surface area contributed by atoms with Crippen molar-refractivity contribution in [3.05, 3.63) is 52.0 Å². The molecule has 1 atom stereocenters. The van der Waals surface area contributed by atoms with Crippen molar-refractivity contribution in [1.29, 1.82) is 0 Å². The van der Waals surface area contributed by atoms with Gasteiger partial charge in [0, 0.05) is 23.5 Å². The van der Waals surface area contributed by atoms with Crippen molar-refractivity contribution in [2.75, 3.05) is 18.9 Å². The molecule has 1 unspecified atom stereocenters. The first-order valence-corrected chi connectivity index (χ1v) is 8.51. The number of nitrogens with zero attached hydrogens (tertiary/aromatic N) is 3. The van der Waals surface area contributed by atoms with Crippen molar-refractivity contribution in [2.45, 2.75) is 19.5 Å². The summed E-state index contributed by atoms with van der Waals surface area (Å²) in [6.07, 6.45) is 0.817. The lowest BCUT2D eigenvalue weighted by Crippen LogP contribution is -2.35. The van der Waals surface area contributed by atoms with Crippen LogP contribution in [-0.4, -0.2) is 46.4 Å². The summed E-state index contributed by atoms with van der Waals surface area (Å²) in [6.45, 7) is 1.15. The third kappa shape index (κ3) is 5.55. The number of rotatable bonds is 6. The molecule has 0 fully saturated rings. The fourth-order valence-electron chi connectivity index (χ4n) is 2.28. The summed E-state index contributed by atoms with van der Waals surface area (Å²) in [5.41, 5.74) is 0.875. The van der Waals surface area contributed by atoms with Gasteiger partial charge in [-0.05, 0) is 30.7 Å². The Kier molecular flexibility index (Phi) is 6.73. The molecule has 0 aliphatic carbocycles. The molecule has 0 saturated heterocycles. The van der Waals surface area contributed by atoms with Crippen molar-refractivity contribution in [3.63, 3.8) is 0 Å². The summed E-state index contributed by atoms with van der Waals surface area (Å²) in [7, 11) is 1.46. The summed E-state index contributed by atoms with van der Waals surface area (Å²) >= 11 is 3.30. The van der Waals surface area contributed by atoms with Crippen LogP contribution in [0.2, 0.25) is 0 Å². The number of halogens is 3. The van der Waals surface area contributed by atoms with Crippen molar-refractivity contribution >= 4 is 33.7 Å². The lowest BCUT2D eigenvalue weighted by atomic mass is 10.0. The quantitative estimate of drug-likeness (QED) is 0.770. The van der Waals surface area contributed by atoms with Crippen molar-refractivity contribution in [2.24, 2.45) is 0 Å². The summed E-state index contributed by atoms with van der Waals surface area (Å²) in [5.74, 6) is -1.64. The fraction of sp³-hybridized carbons (Fsp3) is 0.294. The molecule has 1 N–H and O–H groups in total. The fourth-order valence-corrected chi connectivity index (χ4v) is 2.69. The Hall–Kier alpha value is -2.42. The number of carbonyl (C=O) groups is 2. The van der Waals surface area contributed by atoms with Crippen LogP contribution < -0.4 is 5.32 Å². The molecule has 0 aliphatic rings. The Morgan fingerprint density at radius 1 is 1.31 bits per heavy atom. The van der Waals surface area contributed by atoms with E-state index in [1.165, 1.54) is 18.9 Å². The van der Waals surface area contributed by atoms with Crippen LogP contribution in [0, 0.1) is 5.82 Å². The second-order valence-corrected chi connectivity index (χ2v) is 6.64. The van der Waals surface area contributed by atoms with E-state index in [9.17, 15) is 18.4 Å². The number of nitrogens with one attached hydrogen (secondary N) is 1. The van der Waals surface area contributed by atoms with Gasteiger partial charge in [0.15, 0.2) is 5.82 Å². The zero-order valence-corrected chi connectivity index (χ0v) is 15.8. The van der Waals surface area contributed by atoms with Gasteiger partial charge in [0.05, 0.1) is 18.9 Å². The molecule has 1 heterocycles. The lowest BCUT2D eigenvalue weighted by molar-refractivity contribution is -0.116. The maximum Gasteiger partial charge on any atom is 0.254 e. The van der Waals surface area contributed by atoms with Crippen molar-refractivity contribution in [3.8, 4) is 0 Å². The van der Waals surface area contributed by atoms with Gasteiger partial charge < -0.3 is 4.90 Å². The molecule has 9 heteroatoms. The number of aromatic nitrogens is 2. The third-order valence-corrected chi connectivity index (χ3v) is 3.89. The van der Waals surface area contributed by atoms with Gasteiger partial charge in [0.1, 0.15) is 6.17 Å². The van der Waals surface area contributed by atoms with E-state index in [0.29, 0.717) is 11.1 Å². The predicted octanol–water partition coefficient (Wildman–Crippen LogP) is 2.99. The van der Waals surface area contributed by atoms with E-state index < -0.39 is 23.8 Å². The highest BCUT2D eigenvalue weighted by Gasteiger charge is 2.19. The minimum absolute atomic E-state index is 0.0622. The monoisotopic (exact) mass is 426 g/mol. The van der Waals surface area contributed by atoms with Crippen LogP contribution in [0.5, 0.6) is 0 Å². The standard InChI is InChI=1S/C17H17BrF2N4O2/c1-10(19)5-11-6-12(18)3-4-14(11)16(26)24(2)9-15(25)23-17-21-7-13(20)8-22-17/h3-4,6-8,10H,5,9H2,1-2H3,(H,21,22,23,25). The maximum absolute atomic E-state index is 13.4. The molecular formula is C17H17BrF2N4O2. The first-order valence-electron chi connectivity index (χ1n) is 7.71. The Morgan fingerprint density at radius 3 is 2.58 bits per heavy atom. The molecule has 0 aliphatic heterocycles. The third-order valence-electron chi connectivity index (χ3n) is 3.40. The Morgan fingerprint density at radius 2 is 1.96 bits per heavy atom. The van der Waals surface area contributed by atoms with Gasteiger partial charge >= 0.3 is 0 Å². The molecule has 0 saturated carbocycles. The number of alkyl halides is 1. The average molecular weight is 427 g/mol. The Balaban J connectivity index is 2.07. The van der Waals surface area contributed by atoms with Gasteiger partial charge in [-0.2, -0.15) is 0 Å². The van der Waals surface area contributed by atoms with E-state index in [1.54, 1.807) is 18.2 Å². The van der Waals surface area contributed by atoms with Gasteiger partial charge in [-0.25, -0.2) is 18.7 Å². The van der Waals surface area contributed by atoms with E-state index in [-0.39, 0.29) is 18.9 Å². The molecule has 26 heavy (non-hydrogen) atoms. The molecule has 0 radical (unpaired) electrons. The van der Waals surface area contributed by atoms with E-state index in [1.807, 2.05) is 0 Å². The molecule has 0 bridgehead atoms. The number of amides is 2. The van der Waals surface area contributed by atoms with Gasteiger partial charge in [0.2, 0.25) is 11.9 Å². The normalized spacial score (nSPS) is 11.7. The number of benzene rings is 1. The number of anilines is 1. The summed E-state index contributed by atoms with van der Waals surface area (Å²) in [5, 5.41) is 2.37. The minimum Gasteiger partial charge on any atom is -0.332 e. The maximum atomic E-state index is 13.4. The molecule has 1 aromatic heterocycles. The molecule has 2 amide bonds. The van der Waals surface area contributed by atoms with Crippen LogP contribution in [0.1, 0.15) is 22.8 Å². The van der Waals surface area contributed by atoms with Crippen LogP contribution in [0.4, 0.5) is 14.7 Å². The van der Waals surface area contributed by atoms with Crippen LogP contribution in [-0.2, 0) is 11.2 Å². The average Bonchev–Trinajstić information content (AvgIpc) is 2.56. The highest BCUT2D eigenvalue weighted by Crippen LogP contribution is 2.20. The van der Waals surface area contributed by atoms with Gasteiger partial charge in [0.25, 0.3) is 5.91 Å². The van der Waals surface area contributed by atoms with E-state index >= 15 is 0 Å². The highest BCUT2D eigenvalue weighted by atomic mass is 79.9. The highest BCUT2D eigenvalue weighted by molar-refractivity contribution is 9.10. The first-order chi connectivity index (χ1) is 12.3. The molecule has 1 aromatic carbocycles. The topological polar surface area (TPSA) is 75.2 Å². The summed E-state index contributed by atoms with van der Waals surface area (Å²) < 4.78 is 26.9.